The summed E-state index contributed by atoms with van der Waals surface area (Å²) < 4.78 is 6.20. The summed E-state index contributed by atoms with van der Waals surface area (Å²) in [6, 6.07) is 1.23. The first-order chi connectivity index (χ1) is 6.62. The fourth-order valence-electron chi connectivity index (χ4n) is 2.27. The fraction of sp³-hybridized carbons (Fsp3) is 1.00. The van der Waals surface area contributed by atoms with Crippen LogP contribution in [0.3, 0.4) is 0 Å². The van der Waals surface area contributed by atoms with E-state index in [-0.39, 0.29) is 0 Å². The van der Waals surface area contributed by atoms with Gasteiger partial charge in [0, 0.05) is 11.8 Å². The highest BCUT2D eigenvalue weighted by Crippen LogP contribution is 2.29. The molecule has 4 N–H and O–H groups in total. The smallest absolute Gasteiger partial charge is 0.206 e. The lowest BCUT2D eigenvalue weighted by Gasteiger charge is -2.40. The van der Waals surface area contributed by atoms with Crippen LogP contribution in [0.15, 0.2) is 0 Å². The highest BCUT2D eigenvalue weighted by Gasteiger charge is 2.39. The molecule has 0 bridgehead atoms. The van der Waals surface area contributed by atoms with Crippen LogP contribution in [0.5, 0.6) is 0 Å². The zero-order chi connectivity index (χ0) is 10.6. The Balaban J connectivity index is 2.52. The van der Waals surface area contributed by atoms with E-state index < -0.39 is 8.32 Å². The Morgan fingerprint density at radius 1 is 1.57 bits per heavy atom. The standard InChI is InChI=1S/C10H24N2OSi/c1-3-10(12)14(2)8-4-5-9(13-14)6-7-11/h9-10H,3-8,11-12H2,1-2H3. The molecular formula is C10H24N2OSi. The van der Waals surface area contributed by atoms with Gasteiger partial charge in [-0.3, -0.25) is 0 Å². The maximum Gasteiger partial charge on any atom is 0.206 e. The molecule has 0 aromatic heterocycles. The monoisotopic (exact) mass is 216 g/mol. The molecule has 0 spiro atoms. The number of nitrogens with two attached hydrogens (primary N) is 2. The van der Waals surface area contributed by atoms with Crippen LogP contribution < -0.4 is 11.5 Å². The van der Waals surface area contributed by atoms with Crippen LogP contribution in [0, 0.1) is 0 Å². The van der Waals surface area contributed by atoms with Gasteiger partial charge in [-0.25, -0.2) is 0 Å². The Bertz CT molecular complexity index is 178. The topological polar surface area (TPSA) is 61.3 Å². The molecule has 1 fully saturated rings. The van der Waals surface area contributed by atoms with Crippen molar-refractivity contribution < 1.29 is 4.43 Å². The van der Waals surface area contributed by atoms with Gasteiger partial charge in [0.25, 0.3) is 0 Å². The molecule has 1 heterocycles. The molecule has 1 aliphatic rings. The van der Waals surface area contributed by atoms with Gasteiger partial charge >= 0.3 is 0 Å². The number of rotatable bonds is 4. The minimum atomic E-state index is -1.62. The van der Waals surface area contributed by atoms with Gasteiger partial charge in [0.15, 0.2) is 0 Å². The van der Waals surface area contributed by atoms with Crippen LogP contribution in [-0.4, -0.2) is 26.6 Å². The molecule has 1 aliphatic heterocycles. The van der Waals surface area contributed by atoms with E-state index in [0.29, 0.717) is 11.8 Å². The lowest BCUT2D eigenvalue weighted by molar-refractivity contribution is 0.146. The Morgan fingerprint density at radius 3 is 2.86 bits per heavy atom. The molecule has 1 rings (SSSR count). The van der Waals surface area contributed by atoms with Gasteiger partial charge in [0.1, 0.15) is 0 Å². The average molecular weight is 216 g/mol. The maximum atomic E-state index is 6.20. The second kappa shape index (κ2) is 5.26. The van der Waals surface area contributed by atoms with E-state index in [1.165, 1.54) is 18.9 Å². The largest absolute Gasteiger partial charge is 0.413 e. The minimum Gasteiger partial charge on any atom is -0.413 e. The average Bonchev–Trinajstić information content (AvgIpc) is 2.17. The SMILES string of the molecule is CCC(N)[Si]1(C)CCCC(CCN)O1. The predicted octanol–water partition coefficient (Wildman–Crippen LogP) is 1.37. The van der Waals surface area contributed by atoms with E-state index in [1.54, 1.807) is 0 Å². The van der Waals surface area contributed by atoms with Crippen molar-refractivity contribution in [1.29, 1.82) is 0 Å². The van der Waals surface area contributed by atoms with Crippen LogP contribution in [-0.2, 0) is 4.43 Å². The van der Waals surface area contributed by atoms with Crippen LogP contribution in [0.2, 0.25) is 12.6 Å². The summed E-state index contributed by atoms with van der Waals surface area (Å²) in [6.45, 7) is 5.17. The van der Waals surface area contributed by atoms with Crippen molar-refractivity contribution in [2.24, 2.45) is 11.5 Å². The van der Waals surface area contributed by atoms with E-state index in [4.69, 9.17) is 15.9 Å². The Labute approximate surface area is 88.3 Å². The van der Waals surface area contributed by atoms with E-state index in [9.17, 15) is 0 Å². The molecule has 3 unspecified atom stereocenters. The van der Waals surface area contributed by atoms with Crippen molar-refractivity contribution in [3.8, 4) is 0 Å². The normalized spacial score (nSPS) is 35.6. The van der Waals surface area contributed by atoms with Crippen molar-refractivity contribution in [3.63, 3.8) is 0 Å². The van der Waals surface area contributed by atoms with Gasteiger partial charge in [0.2, 0.25) is 8.32 Å². The highest BCUT2D eigenvalue weighted by atomic mass is 28.4. The molecule has 84 valence electrons. The summed E-state index contributed by atoms with van der Waals surface area (Å²) in [5.41, 5.74) is 12.0. The van der Waals surface area contributed by atoms with Crippen LogP contribution in [0.1, 0.15) is 32.6 Å². The summed E-state index contributed by atoms with van der Waals surface area (Å²) in [4.78, 5) is 0. The van der Waals surface area contributed by atoms with Gasteiger partial charge in [0.05, 0.1) is 0 Å². The van der Waals surface area contributed by atoms with Crippen molar-refractivity contribution >= 4 is 8.32 Å². The van der Waals surface area contributed by atoms with Crippen LogP contribution in [0.4, 0.5) is 0 Å². The first-order valence-electron chi connectivity index (χ1n) is 5.76. The Kier molecular flexibility index (Phi) is 4.57. The highest BCUT2D eigenvalue weighted by molar-refractivity contribution is 6.74. The molecule has 4 heteroatoms. The fourth-order valence-corrected chi connectivity index (χ4v) is 5.70. The summed E-state index contributed by atoms with van der Waals surface area (Å²) in [7, 11) is -1.62. The van der Waals surface area contributed by atoms with Crippen LogP contribution >= 0.6 is 0 Å². The molecule has 0 aromatic rings. The van der Waals surface area contributed by atoms with Crippen molar-refractivity contribution in [1.82, 2.24) is 0 Å². The molecule has 3 nitrogen and oxygen atoms in total. The van der Waals surface area contributed by atoms with Crippen molar-refractivity contribution in [2.75, 3.05) is 6.54 Å². The van der Waals surface area contributed by atoms with Gasteiger partial charge < -0.3 is 15.9 Å². The summed E-state index contributed by atoms with van der Waals surface area (Å²) in [5.74, 6) is 0. The van der Waals surface area contributed by atoms with Gasteiger partial charge in [-0.1, -0.05) is 13.3 Å². The molecule has 1 saturated heterocycles. The minimum absolute atomic E-state index is 0.295. The Morgan fingerprint density at radius 2 is 2.29 bits per heavy atom. The van der Waals surface area contributed by atoms with Gasteiger partial charge in [-0.2, -0.15) is 0 Å². The van der Waals surface area contributed by atoms with Crippen LogP contribution in [0.25, 0.3) is 0 Å². The second-order valence-corrected chi connectivity index (χ2v) is 8.64. The van der Waals surface area contributed by atoms with Gasteiger partial charge in [-0.05, 0) is 38.4 Å². The van der Waals surface area contributed by atoms with E-state index >= 15 is 0 Å². The zero-order valence-electron chi connectivity index (χ0n) is 9.46. The first kappa shape index (κ1) is 12.2. The van der Waals surface area contributed by atoms with Crippen molar-refractivity contribution in [3.05, 3.63) is 0 Å². The van der Waals surface area contributed by atoms with E-state index in [0.717, 1.165) is 19.4 Å². The summed E-state index contributed by atoms with van der Waals surface area (Å²) in [6.07, 6.45) is 4.89. The lowest BCUT2D eigenvalue weighted by atomic mass is 10.1. The van der Waals surface area contributed by atoms with Crippen molar-refractivity contribution in [2.45, 2.75) is 57.0 Å². The molecule has 0 saturated carbocycles. The predicted molar refractivity (Wildman–Crippen MR) is 62.5 cm³/mol. The molecule has 14 heavy (non-hydrogen) atoms. The summed E-state index contributed by atoms with van der Waals surface area (Å²) >= 11 is 0. The van der Waals surface area contributed by atoms with Gasteiger partial charge in [-0.15, -0.1) is 0 Å². The third kappa shape index (κ3) is 2.79. The maximum absolute atomic E-state index is 6.20. The third-order valence-corrected chi connectivity index (χ3v) is 7.54. The quantitative estimate of drug-likeness (QED) is 0.698. The molecule has 0 radical (unpaired) electrons. The van der Waals surface area contributed by atoms with E-state index in [2.05, 4.69) is 13.5 Å². The molecule has 3 atom stereocenters. The first-order valence-corrected chi connectivity index (χ1v) is 8.45. The molecular weight excluding hydrogens is 192 g/mol. The zero-order valence-corrected chi connectivity index (χ0v) is 10.5. The second-order valence-electron chi connectivity index (χ2n) is 4.54. The molecule has 0 aliphatic carbocycles. The number of hydrogen-bond donors (Lipinski definition) is 2. The summed E-state index contributed by atoms with van der Waals surface area (Å²) in [5, 5.41) is 0. The molecule has 0 amide bonds. The van der Waals surface area contributed by atoms with E-state index in [1.807, 2.05) is 0 Å². The number of hydrogen-bond acceptors (Lipinski definition) is 3. The Hall–Kier alpha value is 0.0969. The molecule has 0 aromatic carbocycles. The third-order valence-electron chi connectivity index (χ3n) is 3.35. The lowest BCUT2D eigenvalue weighted by Crippen LogP contribution is -2.56.